The van der Waals surface area contributed by atoms with Gasteiger partial charge in [0.05, 0.1) is 0 Å². The van der Waals surface area contributed by atoms with Crippen LogP contribution in [0.1, 0.15) is 104 Å². The van der Waals surface area contributed by atoms with E-state index in [2.05, 4.69) is 103 Å². The van der Waals surface area contributed by atoms with Gasteiger partial charge in [-0.2, -0.15) is 0 Å². The van der Waals surface area contributed by atoms with Crippen molar-refractivity contribution in [1.29, 1.82) is 0 Å². The Bertz CT molecular complexity index is 849. The smallest absolute Gasteiger partial charge is 0.205 e. The molecule has 0 amide bonds. The first-order chi connectivity index (χ1) is 16.0. The molecule has 34 heavy (non-hydrogen) atoms. The highest BCUT2D eigenvalue weighted by Crippen LogP contribution is 2.45. The molecule has 2 aromatic carbocycles. The van der Waals surface area contributed by atoms with E-state index < -0.39 is 0 Å². The van der Waals surface area contributed by atoms with Crippen molar-refractivity contribution in [3.05, 3.63) is 65.7 Å². The quantitative estimate of drug-likeness (QED) is 0.344. The maximum absolute atomic E-state index is 6.67. The van der Waals surface area contributed by atoms with Gasteiger partial charge in [0.2, 0.25) is 6.29 Å². The van der Waals surface area contributed by atoms with Crippen LogP contribution in [0.25, 0.3) is 0 Å². The second-order valence-corrected chi connectivity index (χ2v) is 12.7. The van der Waals surface area contributed by atoms with E-state index in [-0.39, 0.29) is 22.5 Å². The Labute approximate surface area is 209 Å². The molecule has 0 heterocycles. The van der Waals surface area contributed by atoms with Gasteiger partial charge in [0.1, 0.15) is 5.75 Å². The summed E-state index contributed by atoms with van der Waals surface area (Å²) < 4.78 is 13.0. The molecule has 3 rings (SSSR count). The third kappa shape index (κ3) is 7.35. The summed E-state index contributed by atoms with van der Waals surface area (Å²) in [6.45, 7) is 16.8. The maximum atomic E-state index is 6.67. The molecule has 2 nitrogen and oxygen atoms in total. The standard InChI is InChI=1S/C32H48O2/c1-8-33-29(32(21-13-10-14-22-32)23-25-15-11-9-12-16-25)34-27-19-17-26(18-20-27)28(31(5,6)7)24-30(2,3)4/h9,11-12,15-20,28-29H,8,10,13-14,21-24H2,1-7H3. The van der Waals surface area contributed by atoms with E-state index in [1.54, 1.807) is 0 Å². The summed E-state index contributed by atoms with van der Waals surface area (Å²) in [6.07, 6.45) is 8.07. The molecule has 0 radical (unpaired) electrons. The van der Waals surface area contributed by atoms with Crippen LogP contribution in [0.2, 0.25) is 0 Å². The Hall–Kier alpha value is -1.80. The monoisotopic (exact) mass is 464 g/mol. The molecule has 0 N–H and O–H groups in total. The van der Waals surface area contributed by atoms with Gasteiger partial charge in [0.25, 0.3) is 0 Å². The van der Waals surface area contributed by atoms with Crippen molar-refractivity contribution in [3.63, 3.8) is 0 Å². The van der Waals surface area contributed by atoms with Gasteiger partial charge < -0.3 is 9.47 Å². The van der Waals surface area contributed by atoms with Crippen molar-refractivity contribution in [1.82, 2.24) is 0 Å². The molecule has 2 aromatic rings. The molecule has 2 atom stereocenters. The molecular formula is C32H48O2. The normalized spacial score (nSPS) is 18.3. The SMILES string of the molecule is CCOC(Oc1ccc(C(CC(C)(C)C)C(C)(C)C)cc1)C1(Cc2ccccc2)CCCCC1. The predicted molar refractivity (Wildman–Crippen MR) is 144 cm³/mol. The van der Waals surface area contributed by atoms with E-state index in [9.17, 15) is 0 Å². The number of benzene rings is 2. The third-order valence-corrected chi connectivity index (χ3v) is 7.45. The summed E-state index contributed by atoms with van der Waals surface area (Å²) >= 11 is 0. The van der Waals surface area contributed by atoms with Crippen molar-refractivity contribution in [3.8, 4) is 5.75 Å². The van der Waals surface area contributed by atoms with Gasteiger partial charge in [-0.05, 0) is 72.6 Å². The molecule has 2 unspecified atom stereocenters. The lowest BCUT2D eigenvalue weighted by atomic mass is 9.69. The minimum absolute atomic E-state index is 0.0223. The molecule has 2 heteroatoms. The van der Waals surface area contributed by atoms with Gasteiger partial charge in [-0.15, -0.1) is 0 Å². The Balaban J connectivity index is 1.84. The summed E-state index contributed by atoms with van der Waals surface area (Å²) in [7, 11) is 0. The van der Waals surface area contributed by atoms with Crippen LogP contribution in [0.5, 0.6) is 5.75 Å². The minimum Gasteiger partial charge on any atom is -0.464 e. The van der Waals surface area contributed by atoms with Crippen LogP contribution in [0.15, 0.2) is 54.6 Å². The van der Waals surface area contributed by atoms with E-state index in [1.807, 2.05) is 0 Å². The maximum Gasteiger partial charge on any atom is 0.205 e. The summed E-state index contributed by atoms with van der Waals surface area (Å²) in [5, 5.41) is 0. The zero-order valence-electron chi connectivity index (χ0n) is 22.8. The lowest BCUT2D eigenvalue weighted by molar-refractivity contribution is -0.166. The van der Waals surface area contributed by atoms with Crippen molar-refractivity contribution in [2.45, 2.75) is 106 Å². The molecule has 1 aliphatic rings. The Morgan fingerprint density at radius 3 is 1.97 bits per heavy atom. The lowest BCUT2D eigenvalue weighted by Gasteiger charge is -2.43. The summed E-state index contributed by atoms with van der Waals surface area (Å²) in [5.41, 5.74) is 3.31. The molecular weight excluding hydrogens is 416 g/mol. The van der Waals surface area contributed by atoms with Crippen LogP contribution in [0.3, 0.4) is 0 Å². The molecule has 0 aliphatic heterocycles. The molecule has 0 spiro atoms. The molecule has 0 aromatic heterocycles. The first kappa shape index (κ1) is 26.8. The summed E-state index contributed by atoms with van der Waals surface area (Å²) in [4.78, 5) is 0. The number of rotatable bonds is 9. The first-order valence-electron chi connectivity index (χ1n) is 13.4. The Morgan fingerprint density at radius 1 is 0.824 bits per heavy atom. The number of ether oxygens (including phenoxy) is 2. The van der Waals surface area contributed by atoms with Gasteiger partial charge in [-0.25, -0.2) is 0 Å². The molecule has 1 fully saturated rings. The van der Waals surface area contributed by atoms with Gasteiger partial charge >= 0.3 is 0 Å². The molecule has 0 bridgehead atoms. The average Bonchev–Trinajstić information content (AvgIpc) is 2.78. The van der Waals surface area contributed by atoms with Gasteiger partial charge in [-0.3, -0.25) is 0 Å². The van der Waals surface area contributed by atoms with Crippen LogP contribution in [0, 0.1) is 16.2 Å². The molecule has 0 saturated heterocycles. The highest BCUT2D eigenvalue weighted by molar-refractivity contribution is 5.31. The first-order valence-corrected chi connectivity index (χ1v) is 13.4. The fourth-order valence-corrected chi connectivity index (χ4v) is 5.68. The zero-order valence-corrected chi connectivity index (χ0v) is 22.8. The lowest BCUT2D eigenvalue weighted by Crippen LogP contribution is -2.44. The largest absolute Gasteiger partial charge is 0.464 e. The average molecular weight is 465 g/mol. The van der Waals surface area contributed by atoms with E-state index in [0.29, 0.717) is 12.5 Å². The zero-order chi connectivity index (χ0) is 24.8. The molecule has 1 aliphatic carbocycles. The summed E-state index contributed by atoms with van der Waals surface area (Å²) in [6, 6.07) is 19.8. The minimum atomic E-state index is -0.225. The highest BCUT2D eigenvalue weighted by atomic mass is 16.7. The van der Waals surface area contributed by atoms with Crippen LogP contribution in [0.4, 0.5) is 0 Å². The second kappa shape index (κ2) is 11.3. The van der Waals surface area contributed by atoms with Crippen LogP contribution >= 0.6 is 0 Å². The van der Waals surface area contributed by atoms with Crippen molar-refractivity contribution in [2.75, 3.05) is 6.61 Å². The Kier molecular flexibility index (Phi) is 8.90. The van der Waals surface area contributed by atoms with Crippen LogP contribution in [-0.4, -0.2) is 12.9 Å². The van der Waals surface area contributed by atoms with Crippen molar-refractivity contribution < 1.29 is 9.47 Å². The van der Waals surface area contributed by atoms with E-state index in [0.717, 1.165) is 25.0 Å². The Morgan fingerprint density at radius 2 is 1.44 bits per heavy atom. The van der Waals surface area contributed by atoms with E-state index >= 15 is 0 Å². The third-order valence-electron chi connectivity index (χ3n) is 7.45. The molecule has 188 valence electrons. The summed E-state index contributed by atoms with van der Waals surface area (Å²) in [5.74, 6) is 1.43. The fourth-order valence-electron chi connectivity index (χ4n) is 5.68. The van der Waals surface area contributed by atoms with Crippen LogP contribution in [-0.2, 0) is 11.2 Å². The van der Waals surface area contributed by atoms with Crippen molar-refractivity contribution in [2.24, 2.45) is 16.2 Å². The van der Waals surface area contributed by atoms with Gasteiger partial charge in [0, 0.05) is 12.0 Å². The van der Waals surface area contributed by atoms with E-state index in [1.165, 1.54) is 36.8 Å². The highest BCUT2D eigenvalue weighted by Gasteiger charge is 2.42. The van der Waals surface area contributed by atoms with Crippen molar-refractivity contribution >= 4 is 0 Å². The second-order valence-electron chi connectivity index (χ2n) is 12.7. The van der Waals surface area contributed by atoms with Gasteiger partial charge in [-0.1, -0.05) is 103 Å². The van der Waals surface area contributed by atoms with Gasteiger partial charge in [0.15, 0.2) is 0 Å². The number of hydrogen-bond acceptors (Lipinski definition) is 2. The molecule has 1 saturated carbocycles. The number of hydrogen-bond donors (Lipinski definition) is 0. The topological polar surface area (TPSA) is 18.5 Å². The predicted octanol–water partition coefficient (Wildman–Crippen LogP) is 9.19. The van der Waals surface area contributed by atoms with Crippen LogP contribution < -0.4 is 4.74 Å². The fraction of sp³-hybridized carbons (Fsp3) is 0.625. The van der Waals surface area contributed by atoms with E-state index in [4.69, 9.17) is 9.47 Å².